The number of aromatic nitrogens is 1. The van der Waals surface area contributed by atoms with Crippen LogP contribution in [0, 0.1) is 11.3 Å². The van der Waals surface area contributed by atoms with Gasteiger partial charge in [0.15, 0.2) is 0 Å². The van der Waals surface area contributed by atoms with Crippen LogP contribution in [-0.2, 0) is 6.54 Å². The molecule has 0 amide bonds. The molecule has 0 aromatic carbocycles. The summed E-state index contributed by atoms with van der Waals surface area (Å²) in [5, 5.41) is 8.95. The first kappa shape index (κ1) is 12.7. The minimum absolute atomic E-state index is 0.553. The minimum Gasteiger partial charge on any atom is -0.299 e. The van der Waals surface area contributed by atoms with Gasteiger partial charge in [-0.25, -0.2) is 4.98 Å². The summed E-state index contributed by atoms with van der Waals surface area (Å²) >= 11 is 0. The highest BCUT2D eigenvalue weighted by molar-refractivity contribution is 5.30. The predicted octanol–water partition coefficient (Wildman–Crippen LogP) is 2.58. The number of nitrogens with zero attached hydrogens (tertiary/aromatic N) is 3. The maximum atomic E-state index is 8.95. The Balaban J connectivity index is 2.66. The second-order valence-electron chi connectivity index (χ2n) is 3.85. The van der Waals surface area contributed by atoms with Gasteiger partial charge >= 0.3 is 0 Å². The molecule has 0 fully saturated rings. The summed E-state index contributed by atoms with van der Waals surface area (Å²) in [5.41, 5.74) is 1.58. The quantitative estimate of drug-likeness (QED) is 0.735. The molecule has 1 rings (SSSR count). The van der Waals surface area contributed by atoms with Crippen LogP contribution in [0.3, 0.4) is 0 Å². The van der Waals surface area contributed by atoms with E-state index in [0.717, 1.165) is 25.2 Å². The van der Waals surface area contributed by atoms with E-state index in [1.165, 1.54) is 12.8 Å². The highest BCUT2D eigenvalue weighted by Crippen LogP contribution is 2.08. The fraction of sp³-hybridized carbons (Fsp3) is 0.538. The Morgan fingerprint density at radius 1 is 1.44 bits per heavy atom. The lowest BCUT2D eigenvalue weighted by Crippen LogP contribution is -2.24. The number of hydrogen-bond acceptors (Lipinski definition) is 3. The smallest absolute Gasteiger partial charge is 0.144 e. The van der Waals surface area contributed by atoms with Crippen molar-refractivity contribution in [2.75, 3.05) is 13.1 Å². The van der Waals surface area contributed by atoms with Gasteiger partial charge in [0.2, 0.25) is 0 Å². The Morgan fingerprint density at radius 3 is 2.88 bits per heavy atom. The van der Waals surface area contributed by atoms with E-state index in [1.54, 1.807) is 6.20 Å². The van der Waals surface area contributed by atoms with Gasteiger partial charge in [-0.15, -0.1) is 0 Å². The van der Waals surface area contributed by atoms with Crippen LogP contribution in [0.2, 0.25) is 0 Å². The molecule has 3 nitrogen and oxygen atoms in total. The second-order valence-corrected chi connectivity index (χ2v) is 3.85. The third kappa shape index (κ3) is 3.63. The molecule has 0 bridgehead atoms. The van der Waals surface area contributed by atoms with Crippen LogP contribution in [0.15, 0.2) is 18.3 Å². The molecule has 1 heterocycles. The van der Waals surface area contributed by atoms with Crippen molar-refractivity contribution in [2.45, 2.75) is 33.2 Å². The van der Waals surface area contributed by atoms with Gasteiger partial charge in [0.1, 0.15) is 11.8 Å². The maximum absolute atomic E-state index is 8.95. The molecule has 1 aromatic heterocycles. The Bertz CT molecular complexity index is 354. The zero-order valence-corrected chi connectivity index (χ0v) is 10.1. The van der Waals surface area contributed by atoms with Crippen molar-refractivity contribution in [2.24, 2.45) is 0 Å². The standard InChI is InChI=1S/C13H19N3/c1-3-5-9-16(4-2)11-12-7-6-8-15-13(12)10-14/h6-8H,3-5,9,11H2,1-2H3. The van der Waals surface area contributed by atoms with Crippen LogP contribution >= 0.6 is 0 Å². The van der Waals surface area contributed by atoms with Gasteiger partial charge in [-0.05, 0) is 25.6 Å². The molecule has 0 aliphatic carbocycles. The van der Waals surface area contributed by atoms with E-state index in [-0.39, 0.29) is 0 Å². The van der Waals surface area contributed by atoms with Crippen molar-refractivity contribution in [3.63, 3.8) is 0 Å². The van der Waals surface area contributed by atoms with E-state index in [2.05, 4.69) is 29.8 Å². The van der Waals surface area contributed by atoms with Crippen LogP contribution in [-0.4, -0.2) is 23.0 Å². The molecule has 0 N–H and O–H groups in total. The highest BCUT2D eigenvalue weighted by Gasteiger charge is 2.07. The van der Waals surface area contributed by atoms with E-state index < -0.39 is 0 Å². The van der Waals surface area contributed by atoms with Crippen molar-refractivity contribution >= 4 is 0 Å². The van der Waals surface area contributed by atoms with Gasteiger partial charge < -0.3 is 0 Å². The van der Waals surface area contributed by atoms with Crippen molar-refractivity contribution in [3.05, 3.63) is 29.6 Å². The van der Waals surface area contributed by atoms with Gasteiger partial charge in [0.05, 0.1) is 0 Å². The van der Waals surface area contributed by atoms with E-state index in [0.29, 0.717) is 5.69 Å². The summed E-state index contributed by atoms with van der Waals surface area (Å²) in [4.78, 5) is 6.43. The lowest BCUT2D eigenvalue weighted by Gasteiger charge is -2.20. The largest absolute Gasteiger partial charge is 0.299 e. The van der Waals surface area contributed by atoms with Gasteiger partial charge in [0, 0.05) is 18.3 Å². The van der Waals surface area contributed by atoms with Crippen molar-refractivity contribution in [3.8, 4) is 6.07 Å². The Labute approximate surface area is 97.7 Å². The second kappa shape index (κ2) is 6.97. The third-order valence-corrected chi connectivity index (χ3v) is 2.67. The summed E-state index contributed by atoms with van der Waals surface area (Å²) in [5.74, 6) is 0. The third-order valence-electron chi connectivity index (χ3n) is 2.67. The average molecular weight is 217 g/mol. The molecular formula is C13H19N3. The summed E-state index contributed by atoms with van der Waals surface area (Å²) in [7, 11) is 0. The van der Waals surface area contributed by atoms with Crippen molar-refractivity contribution in [1.29, 1.82) is 5.26 Å². The monoisotopic (exact) mass is 217 g/mol. The maximum Gasteiger partial charge on any atom is 0.144 e. The number of unbranched alkanes of at least 4 members (excludes halogenated alkanes) is 1. The summed E-state index contributed by atoms with van der Waals surface area (Å²) in [6.07, 6.45) is 4.08. The normalized spacial score (nSPS) is 10.4. The molecule has 0 unspecified atom stereocenters. The summed E-state index contributed by atoms with van der Waals surface area (Å²) in [6, 6.07) is 6.02. The van der Waals surface area contributed by atoms with Crippen LogP contribution in [0.5, 0.6) is 0 Å². The minimum atomic E-state index is 0.553. The molecule has 0 saturated carbocycles. The molecule has 0 spiro atoms. The SMILES string of the molecule is CCCCN(CC)Cc1cccnc1C#N. The van der Waals surface area contributed by atoms with Crippen LogP contribution in [0.25, 0.3) is 0 Å². The Kier molecular flexibility index (Phi) is 5.52. The van der Waals surface area contributed by atoms with Crippen LogP contribution < -0.4 is 0 Å². The van der Waals surface area contributed by atoms with E-state index in [4.69, 9.17) is 5.26 Å². The van der Waals surface area contributed by atoms with E-state index in [1.807, 2.05) is 12.1 Å². The molecule has 0 radical (unpaired) electrons. The molecule has 0 saturated heterocycles. The Morgan fingerprint density at radius 2 is 2.25 bits per heavy atom. The lowest BCUT2D eigenvalue weighted by atomic mass is 10.2. The molecule has 0 atom stereocenters. The summed E-state index contributed by atoms with van der Waals surface area (Å²) < 4.78 is 0. The first-order chi connectivity index (χ1) is 7.81. The first-order valence-corrected chi connectivity index (χ1v) is 5.88. The van der Waals surface area contributed by atoms with Gasteiger partial charge in [-0.1, -0.05) is 26.3 Å². The van der Waals surface area contributed by atoms with Crippen molar-refractivity contribution < 1.29 is 0 Å². The topological polar surface area (TPSA) is 39.9 Å². The average Bonchev–Trinajstić information content (AvgIpc) is 2.34. The zero-order valence-electron chi connectivity index (χ0n) is 10.1. The van der Waals surface area contributed by atoms with Crippen LogP contribution in [0.4, 0.5) is 0 Å². The zero-order chi connectivity index (χ0) is 11.8. The van der Waals surface area contributed by atoms with Crippen molar-refractivity contribution in [1.82, 2.24) is 9.88 Å². The Hall–Kier alpha value is -1.40. The molecule has 0 aliphatic rings. The lowest BCUT2D eigenvalue weighted by molar-refractivity contribution is 0.275. The van der Waals surface area contributed by atoms with Gasteiger partial charge in [0.25, 0.3) is 0 Å². The van der Waals surface area contributed by atoms with Crippen LogP contribution in [0.1, 0.15) is 37.9 Å². The van der Waals surface area contributed by atoms with Gasteiger partial charge in [-0.3, -0.25) is 4.90 Å². The molecule has 0 aliphatic heterocycles. The molecule has 1 aromatic rings. The highest BCUT2D eigenvalue weighted by atomic mass is 15.1. The van der Waals surface area contributed by atoms with E-state index >= 15 is 0 Å². The molecular weight excluding hydrogens is 198 g/mol. The number of nitriles is 1. The molecule has 16 heavy (non-hydrogen) atoms. The fourth-order valence-corrected chi connectivity index (χ4v) is 1.64. The molecule has 86 valence electrons. The fourth-order valence-electron chi connectivity index (χ4n) is 1.64. The summed E-state index contributed by atoms with van der Waals surface area (Å²) in [6.45, 7) is 7.27. The van der Waals surface area contributed by atoms with E-state index in [9.17, 15) is 0 Å². The number of hydrogen-bond donors (Lipinski definition) is 0. The number of pyridine rings is 1. The number of rotatable bonds is 6. The molecule has 3 heteroatoms. The predicted molar refractivity (Wildman–Crippen MR) is 64.8 cm³/mol. The van der Waals surface area contributed by atoms with Gasteiger partial charge in [-0.2, -0.15) is 5.26 Å². The first-order valence-electron chi connectivity index (χ1n) is 5.88.